The van der Waals surface area contributed by atoms with Gasteiger partial charge < -0.3 is 4.90 Å². The van der Waals surface area contributed by atoms with Crippen molar-refractivity contribution in [2.75, 3.05) is 26.7 Å². The quantitative estimate of drug-likeness (QED) is 0.619. The van der Waals surface area contributed by atoms with Gasteiger partial charge in [-0.3, -0.25) is 15.0 Å². The van der Waals surface area contributed by atoms with E-state index in [1.807, 2.05) is 0 Å². The second-order valence-electron chi connectivity index (χ2n) is 5.12. The van der Waals surface area contributed by atoms with Crippen LogP contribution in [0, 0.1) is 15.9 Å². The van der Waals surface area contributed by atoms with Crippen molar-refractivity contribution in [3.05, 3.63) is 39.7 Å². The SMILES string of the molecule is CC1CN(C)CCN1Cc1ccc([N+](=O)[O-])c(F)c1. The summed E-state index contributed by atoms with van der Waals surface area (Å²) in [4.78, 5) is 14.4. The van der Waals surface area contributed by atoms with E-state index >= 15 is 0 Å². The van der Waals surface area contributed by atoms with Crippen LogP contribution in [0.3, 0.4) is 0 Å². The van der Waals surface area contributed by atoms with E-state index < -0.39 is 16.4 Å². The molecule has 0 N–H and O–H groups in total. The first-order valence-electron chi connectivity index (χ1n) is 6.33. The van der Waals surface area contributed by atoms with Gasteiger partial charge in [0.25, 0.3) is 0 Å². The Hall–Kier alpha value is -1.53. The highest BCUT2D eigenvalue weighted by Crippen LogP contribution is 2.20. The van der Waals surface area contributed by atoms with Crippen molar-refractivity contribution in [1.29, 1.82) is 0 Å². The van der Waals surface area contributed by atoms with Gasteiger partial charge in [0.15, 0.2) is 0 Å². The molecule has 1 saturated heterocycles. The molecule has 5 nitrogen and oxygen atoms in total. The number of hydrogen-bond donors (Lipinski definition) is 0. The van der Waals surface area contributed by atoms with E-state index in [9.17, 15) is 14.5 Å². The number of likely N-dealkylation sites (N-methyl/N-ethyl adjacent to an activating group) is 1. The molecule has 0 radical (unpaired) electrons. The largest absolute Gasteiger partial charge is 0.304 e. The van der Waals surface area contributed by atoms with Crippen LogP contribution in [0.25, 0.3) is 0 Å². The maximum atomic E-state index is 13.5. The van der Waals surface area contributed by atoms with E-state index in [1.54, 1.807) is 6.07 Å². The summed E-state index contributed by atoms with van der Waals surface area (Å²) < 4.78 is 13.5. The number of rotatable bonds is 3. The van der Waals surface area contributed by atoms with Gasteiger partial charge in [-0.05, 0) is 25.6 Å². The molecule has 1 atom stereocenters. The highest BCUT2D eigenvalue weighted by atomic mass is 19.1. The normalized spacial score (nSPS) is 21.5. The summed E-state index contributed by atoms with van der Waals surface area (Å²) in [7, 11) is 2.08. The number of nitro benzene ring substituents is 1. The van der Waals surface area contributed by atoms with Gasteiger partial charge in [-0.1, -0.05) is 6.07 Å². The average Bonchev–Trinajstić information content (AvgIpc) is 2.32. The molecule has 1 aliphatic rings. The Morgan fingerprint density at radius 3 is 2.79 bits per heavy atom. The molecule has 0 saturated carbocycles. The Labute approximate surface area is 111 Å². The lowest BCUT2D eigenvalue weighted by Crippen LogP contribution is -2.49. The predicted octanol–water partition coefficient (Wildman–Crippen LogP) is 1.87. The van der Waals surface area contributed by atoms with Crippen LogP contribution < -0.4 is 0 Å². The van der Waals surface area contributed by atoms with Gasteiger partial charge in [0.1, 0.15) is 0 Å². The minimum Gasteiger partial charge on any atom is -0.304 e. The monoisotopic (exact) mass is 267 g/mol. The lowest BCUT2D eigenvalue weighted by molar-refractivity contribution is -0.387. The first-order valence-corrected chi connectivity index (χ1v) is 6.33. The number of piperazine rings is 1. The third-order valence-electron chi connectivity index (χ3n) is 3.56. The summed E-state index contributed by atoms with van der Waals surface area (Å²) >= 11 is 0. The van der Waals surface area contributed by atoms with E-state index in [0.717, 1.165) is 25.2 Å². The van der Waals surface area contributed by atoms with Crippen molar-refractivity contribution >= 4 is 5.69 Å². The molecule has 1 aromatic rings. The van der Waals surface area contributed by atoms with Crippen LogP contribution in [0.15, 0.2) is 18.2 Å². The molecule has 0 aromatic heterocycles. The van der Waals surface area contributed by atoms with E-state index in [1.165, 1.54) is 12.1 Å². The molecule has 1 fully saturated rings. The molecular formula is C13H18FN3O2. The summed E-state index contributed by atoms with van der Waals surface area (Å²) in [6.45, 7) is 5.66. The first kappa shape index (κ1) is 13.9. The third kappa shape index (κ3) is 3.27. The van der Waals surface area contributed by atoms with E-state index in [0.29, 0.717) is 12.6 Å². The maximum Gasteiger partial charge on any atom is 0.304 e. The molecule has 0 amide bonds. The molecule has 0 aliphatic carbocycles. The summed E-state index contributed by atoms with van der Waals surface area (Å²) in [5, 5.41) is 10.6. The van der Waals surface area contributed by atoms with Crippen LogP contribution in [-0.2, 0) is 6.54 Å². The zero-order chi connectivity index (χ0) is 14.0. The van der Waals surface area contributed by atoms with Crippen LogP contribution in [0.2, 0.25) is 0 Å². The molecule has 0 spiro atoms. The van der Waals surface area contributed by atoms with Gasteiger partial charge in [0.2, 0.25) is 5.82 Å². The lowest BCUT2D eigenvalue weighted by Gasteiger charge is -2.38. The predicted molar refractivity (Wildman–Crippen MR) is 70.4 cm³/mol. The molecule has 104 valence electrons. The minimum absolute atomic E-state index is 0.400. The van der Waals surface area contributed by atoms with Gasteiger partial charge in [0, 0.05) is 38.3 Å². The van der Waals surface area contributed by atoms with Gasteiger partial charge >= 0.3 is 5.69 Å². The molecular weight excluding hydrogens is 249 g/mol. The summed E-state index contributed by atoms with van der Waals surface area (Å²) in [6, 6.07) is 4.54. The summed E-state index contributed by atoms with van der Waals surface area (Å²) in [5.41, 5.74) is 0.315. The fourth-order valence-corrected chi connectivity index (χ4v) is 2.44. The Bertz CT molecular complexity index is 481. The first-order chi connectivity index (χ1) is 8.97. The Kier molecular flexibility index (Phi) is 4.11. The zero-order valence-electron chi connectivity index (χ0n) is 11.2. The van der Waals surface area contributed by atoms with E-state index in [2.05, 4.69) is 23.8 Å². The van der Waals surface area contributed by atoms with Crippen LogP contribution in [-0.4, -0.2) is 47.4 Å². The van der Waals surface area contributed by atoms with Crippen LogP contribution >= 0.6 is 0 Å². The average molecular weight is 267 g/mol. The highest BCUT2D eigenvalue weighted by Gasteiger charge is 2.22. The third-order valence-corrected chi connectivity index (χ3v) is 3.56. The number of hydrogen-bond acceptors (Lipinski definition) is 4. The number of nitrogens with zero attached hydrogens (tertiary/aromatic N) is 3. The topological polar surface area (TPSA) is 49.6 Å². The van der Waals surface area contributed by atoms with E-state index in [4.69, 9.17) is 0 Å². The molecule has 0 bridgehead atoms. The van der Waals surface area contributed by atoms with E-state index in [-0.39, 0.29) is 0 Å². The number of nitro groups is 1. The van der Waals surface area contributed by atoms with Gasteiger partial charge in [0.05, 0.1) is 4.92 Å². The molecule has 6 heteroatoms. The fourth-order valence-electron chi connectivity index (χ4n) is 2.44. The molecule has 2 rings (SSSR count). The second kappa shape index (κ2) is 5.63. The molecule has 1 unspecified atom stereocenters. The van der Waals surface area contributed by atoms with Crippen molar-refractivity contribution in [2.45, 2.75) is 19.5 Å². The van der Waals surface area contributed by atoms with Crippen molar-refractivity contribution in [3.8, 4) is 0 Å². The van der Waals surface area contributed by atoms with Gasteiger partial charge in [-0.2, -0.15) is 4.39 Å². The van der Waals surface area contributed by atoms with Gasteiger partial charge in [-0.15, -0.1) is 0 Å². The van der Waals surface area contributed by atoms with Crippen molar-refractivity contribution < 1.29 is 9.31 Å². The van der Waals surface area contributed by atoms with Crippen LogP contribution in [0.1, 0.15) is 12.5 Å². The molecule has 19 heavy (non-hydrogen) atoms. The Morgan fingerprint density at radius 1 is 1.47 bits per heavy atom. The molecule has 1 heterocycles. The standard InChI is InChI=1S/C13H18FN3O2/c1-10-8-15(2)5-6-16(10)9-11-3-4-13(17(18)19)12(14)7-11/h3-4,7,10H,5-6,8-9H2,1-2H3. The van der Waals surface area contributed by atoms with Crippen LogP contribution in [0.4, 0.5) is 10.1 Å². The van der Waals surface area contributed by atoms with Crippen LogP contribution in [0.5, 0.6) is 0 Å². The fraction of sp³-hybridized carbons (Fsp3) is 0.538. The number of halogens is 1. The Morgan fingerprint density at radius 2 is 2.21 bits per heavy atom. The summed E-state index contributed by atoms with van der Waals surface area (Å²) in [6.07, 6.45) is 0. The maximum absolute atomic E-state index is 13.5. The molecule has 1 aromatic carbocycles. The molecule has 1 aliphatic heterocycles. The van der Waals surface area contributed by atoms with Crippen molar-refractivity contribution in [1.82, 2.24) is 9.80 Å². The number of benzene rings is 1. The smallest absolute Gasteiger partial charge is 0.304 e. The zero-order valence-corrected chi connectivity index (χ0v) is 11.2. The van der Waals surface area contributed by atoms with Crippen molar-refractivity contribution in [2.24, 2.45) is 0 Å². The highest BCUT2D eigenvalue weighted by molar-refractivity contribution is 5.35. The van der Waals surface area contributed by atoms with Gasteiger partial charge in [-0.25, -0.2) is 0 Å². The van der Waals surface area contributed by atoms with Crippen molar-refractivity contribution in [3.63, 3.8) is 0 Å². The minimum atomic E-state index is -0.760. The Balaban J connectivity index is 2.07. The second-order valence-corrected chi connectivity index (χ2v) is 5.12. The summed E-state index contributed by atoms with van der Waals surface area (Å²) in [5.74, 6) is -0.760. The lowest BCUT2D eigenvalue weighted by atomic mass is 10.1.